The Bertz CT molecular complexity index is 1590. The summed E-state index contributed by atoms with van der Waals surface area (Å²) in [5, 5.41) is 0.973. The van der Waals surface area contributed by atoms with Crippen LogP contribution in [-0.2, 0) is 19.6 Å². The molecule has 0 bridgehead atoms. The molecular weight excluding hydrogens is 478 g/mol. The number of hydrogen-bond donors (Lipinski definition) is 1. The van der Waals surface area contributed by atoms with E-state index in [1.54, 1.807) is 37.9 Å². The van der Waals surface area contributed by atoms with Crippen molar-refractivity contribution in [3.8, 4) is 22.3 Å². The van der Waals surface area contributed by atoms with Gasteiger partial charge < -0.3 is 9.64 Å². The van der Waals surface area contributed by atoms with Crippen LogP contribution in [0.1, 0.15) is 6.42 Å². The average Bonchev–Trinajstić information content (AvgIpc) is 3.30. The van der Waals surface area contributed by atoms with E-state index in [0.717, 1.165) is 33.2 Å². The third-order valence-corrected chi connectivity index (χ3v) is 7.65. The smallest absolute Gasteiger partial charge is 0.328 e. The maximum atomic E-state index is 13.1. The number of nitrogens with one attached hydrogen (secondary N) is 1. The molecule has 0 saturated heterocycles. The summed E-state index contributed by atoms with van der Waals surface area (Å²) < 4.78 is 33.5. The van der Waals surface area contributed by atoms with Crippen LogP contribution in [0, 0.1) is 0 Å². The van der Waals surface area contributed by atoms with Gasteiger partial charge in [0.15, 0.2) is 0 Å². The van der Waals surface area contributed by atoms with Crippen LogP contribution in [0.4, 0.5) is 5.69 Å². The van der Waals surface area contributed by atoms with Crippen LogP contribution in [0.3, 0.4) is 0 Å². The standard InChI is InChI=1S/C26H23N5O4S/c1-31-24(26(32)35-2)5-6-25(31)36(33,34)30-20-13-19(15-28-16-20)18-3-4-23-22(14-18)21(9-12-29-23)17-7-10-27-11-8-17/h3-4,6-16,24,30H,5H2,1-2H3. The first-order valence-corrected chi connectivity index (χ1v) is 12.6. The van der Waals surface area contributed by atoms with Crippen LogP contribution >= 0.6 is 0 Å². The number of aromatic nitrogens is 3. The molecular formula is C26H23N5O4S. The highest BCUT2D eigenvalue weighted by Crippen LogP contribution is 2.32. The van der Waals surface area contributed by atoms with Gasteiger partial charge in [-0.25, -0.2) is 4.79 Å². The van der Waals surface area contributed by atoms with E-state index in [9.17, 15) is 13.2 Å². The summed E-state index contributed by atoms with van der Waals surface area (Å²) in [4.78, 5) is 26.2. The molecule has 5 rings (SSSR count). The van der Waals surface area contributed by atoms with Crippen molar-refractivity contribution in [1.29, 1.82) is 0 Å². The van der Waals surface area contributed by atoms with Crippen molar-refractivity contribution >= 4 is 32.6 Å². The second-order valence-corrected chi connectivity index (χ2v) is 9.95. The largest absolute Gasteiger partial charge is 0.467 e. The summed E-state index contributed by atoms with van der Waals surface area (Å²) in [7, 11) is -1.11. The van der Waals surface area contributed by atoms with Crippen LogP contribution < -0.4 is 4.72 Å². The van der Waals surface area contributed by atoms with Crippen LogP contribution in [0.5, 0.6) is 0 Å². The maximum absolute atomic E-state index is 13.1. The fourth-order valence-corrected chi connectivity index (χ4v) is 5.68. The maximum Gasteiger partial charge on any atom is 0.328 e. The van der Waals surface area contributed by atoms with E-state index in [0.29, 0.717) is 5.69 Å². The number of likely N-dealkylation sites (N-methyl/N-ethyl adjacent to an activating group) is 1. The zero-order valence-electron chi connectivity index (χ0n) is 19.6. The molecule has 0 aliphatic carbocycles. The Kier molecular flexibility index (Phi) is 6.11. The second kappa shape index (κ2) is 9.38. The average molecular weight is 502 g/mol. The van der Waals surface area contributed by atoms with E-state index in [1.165, 1.54) is 24.3 Å². The quantitative estimate of drug-likeness (QED) is 0.397. The molecule has 3 aromatic heterocycles. The van der Waals surface area contributed by atoms with Crippen LogP contribution in [0.15, 0.2) is 84.6 Å². The predicted molar refractivity (Wildman–Crippen MR) is 137 cm³/mol. The molecule has 0 amide bonds. The first kappa shape index (κ1) is 23.4. The van der Waals surface area contributed by atoms with Crippen LogP contribution in [-0.4, -0.2) is 54.4 Å². The monoisotopic (exact) mass is 501 g/mol. The SMILES string of the molecule is COC(=O)C1CC=C(S(=O)(=O)Nc2cncc(-c3ccc4nccc(-c5ccncc5)c4c3)c2)N1C. The summed E-state index contributed by atoms with van der Waals surface area (Å²) in [6, 6.07) is 12.8. The Morgan fingerprint density at radius 1 is 1.00 bits per heavy atom. The predicted octanol–water partition coefficient (Wildman–Crippen LogP) is 3.82. The van der Waals surface area contributed by atoms with E-state index in [2.05, 4.69) is 19.7 Å². The molecule has 1 aliphatic heterocycles. The summed E-state index contributed by atoms with van der Waals surface area (Å²) in [6.45, 7) is 0. The number of ether oxygens (including phenoxy) is 1. The highest BCUT2D eigenvalue weighted by molar-refractivity contribution is 7.96. The first-order valence-electron chi connectivity index (χ1n) is 11.2. The van der Waals surface area contributed by atoms with Gasteiger partial charge in [-0.1, -0.05) is 6.07 Å². The van der Waals surface area contributed by atoms with Gasteiger partial charge in [-0.3, -0.25) is 19.7 Å². The van der Waals surface area contributed by atoms with Crippen molar-refractivity contribution in [1.82, 2.24) is 19.9 Å². The van der Waals surface area contributed by atoms with Crippen molar-refractivity contribution in [2.75, 3.05) is 18.9 Å². The molecule has 0 saturated carbocycles. The number of esters is 1. The highest BCUT2D eigenvalue weighted by atomic mass is 32.2. The number of pyridine rings is 3. The molecule has 0 spiro atoms. The van der Waals surface area contributed by atoms with Crippen LogP contribution in [0.25, 0.3) is 33.2 Å². The topological polar surface area (TPSA) is 114 Å². The Hall–Kier alpha value is -4.31. The number of anilines is 1. The molecule has 1 N–H and O–H groups in total. The summed E-state index contributed by atoms with van der Waals surface area (Å²) >= 11 is 0. The highest BCUT2D eigenvalue weighted by Gasteiger charge is 2.36. The van der Waals surface area contributed by atoms with Gasteiger partial charge in [0.25, 0.3) is 10.0 Å². The number of benzene rings is 1. The number of methoxy groups -OCH3 is 1. The van der Waals surface area contributed by atoms with Gasteiger partial charge in [0, 0.05) is 42.8 Å². The molecule has 1 atom stereocenters. The minimum absolute atomic E-state index is 0.0158. The Balaban J connectivity index is 1.45. The fraction of sp³-hybridized carbons (Fsp3) is 0.154. The number of sulfonamides is 1. The normalized spacial score (nSPS) is 15.6. The number of hydrogen-bond acceptors (Lipinski definition) is 8. The van der Waals surface area contributed by atoms with Gasteiger partial charge in [0.05, 0.1) is 24.5 Å². The van der Waals surface area contributed by atoms with E-state index < -0.39 is 22.0 Å². The summed E-state index contributed by atoms with van der Waals surface area (Å²) in [5.74, 6) is -0.487. The fourth-order valence-electron chi connectivity index (χ4n) is 4.33. The third-order valence-electron chi connectivity index (χ3n) is 6.14. The summed E-state index contributed by atoms with van der Waals surface area (Å²) in [5.41, 5.74) is 4.79. The zero-order chi connectivity index (χ0) is 25.3. The van der Waals surface area contributed by atoms with Crippen molar-refractivity contribution < 1.29 is 17.9 Å². The molecule has 0 fully saturated rings. The molecule has 0 radical (unpaired) electrons. The molecule has 36 heavy (non-hydrogen) atoms. The Morgan fingerprint density at radius 3 is 2.58 bits per heavy atom. The van der Waals surface area contributed by atoms with Gasteiger partial charge in [0.1, 0.15) is 11.1 Å². The lowest BCUT2D eigenvalue weighted by molar-refractivity contribution is -0.145. The molecule has 1 aliphatic rings. The number of carbonyl (C=O) groups is 1. The number of carbonyl (C=O) groups excluding carboxylic acids is 1. The molecule has 1 unspecified atom stereocenters. The van der Waals surface area contributed by atoms with Gasteiger partial charge in [-0.15, -0.1) is 0 Å². The molecule has 10 heteroatoms. The molecule has 182 valence electrons. The molecule has 4 heterocycles. The lowest BCUT2D eigenvalue weighted by atomic mass is 9.98. The van der Waals surface area contributed by atoms with Gasteiger partial charge in [-0.05, 0) is 65.6 Å². The zero-order valence-corrected chi connectivity index (χ0v) is 20.4. The Morgan fingerprint density at radius 2 is 1.81 bits per heavy atom. The minimum Gasteiger partial charge on any atom is -0.467 e. The van der Waals surface area contributed by atoms with Gasteiger partial charge in [0.2, 0.25) is 0 Å². The molecule has 9 nitrogen and oxygen atoms in total. The lowest BCUT2D eigenvalue weighted by Crippen LogP contribution is -2.37. The van der Waals surface area contributed by atoms with E-state index in [4.69, 9.17) is 4.74 Å². The van der Waals surface area contributed by atoms with Crippen molar-refractivity contribution in [2.24, 2.45) is 0 Å². The van der Waals surface area contributed by atoms with Crippen molar-refractivity contribution in [3.05, 3.63) is 84.6 Å². The Labute approximate surface area is 208 Å². The van der Waals surface area contributed by atoms with Crippen LogP contribution in [0.2, 0.25) is 0 Å². The third kappa shape index (κ3) is 4.38. The number of fused-ring (bicyclic) bond motifs is 1. The molecule has 4 aromatic rings. The van der Waals surface area contributed by atoms with E-state index in [-0.39, 0.29) is 11.4 Å². The van der Waals surface area contributed by atoms with E-state index >= 15 is 0 Å². The molecule has 1 aromatic carbocycles. The van der Waals surface area contributed by atoms with E-state index in [1.807, 2.05) is 36.4 Å². The van der Waals surface area contributed by atoms with Gasteiger partial charge >= 0.3 is 5.97 Å². The lowest BCUT2D eigenvalue weighted by Gasteiger charge is -2.23. The van der Waals surface area contributed by atoms with Gasteiger partial charge in [-0.2, -0.15) is 8.42 Å². The number of nitrogens with zero attached hydrogens (tertiary/aromatic N) is 4. The van der Waals surface area contributed by atoms with Crippen molar-refractivity contribution in [3.63, 3.8) is 0 Å². The second-order valence-electron chi connectivity index (χ2n) is 8.32. The number of rotatable bonds is 6. The van der Waals surface area contributed by atoms with Crippen molar-refractivity contribution in [2.45, 2.75) is 12.5 Å². The first-order chi connectivity index (χ1) is 17.4. The minimum atomic E-state index is -3.94. The summed E-state index contributed by atoms with van der Waals surface area (Å²) in [6.07, 6.45) is 10.1.